The van der Waals surface area contributed by atoms with Crippen LogP contribution in [0, 0.1) is 0 Å². The number of ether oxygens (including phenoxy) is 1. The lowest BCUT2D eigenvalue weighted by Gasteiger charge is -2.12. The largest absolute Gasteiger partial charge is 0.495 e. The van der Waals surface area contributed by atoms with Crippen LogP contribution in [-0.2, 0) is 10.0 Å². The third kappa shape index (κ3) is 3.37. The predicted molar refractivity (Wildman–Crippen MR) is 82.6 cm³/mol. The number of halogens is 1. The number of methoxy groups -OCH3 is 1. The zero-order valence-electron chi connectivity index (χ0n) is 11.4. The smallest absolute Gasteiger partial charge is 0.265 e. The maximum absolute atomic E-state index is 12.4. The van der Waals surface area contributed by atoms with Crippen molar-refractivity contribution in [3.05, 3.63) is 41.6 Å². The molecule has 0 aliphatic rings. The second-order valence-electron chi connectivity index (χ2n) is 4.05. The number of aromatic nitrogens is 1. The van der Waals surface area contributed by atoms with Crippen LogP contribution in [0.3, 0.4) is 0 Å². The van der Waals surface area contributed by atoms with Crippen LogP contribution in [0.4, 0.5) is 11.5 Å². The minimum Gasteiger partial charge on any atom is -0.495 e. The summed E-state index contributed by atoms with van der Waals surface area (Å²) in [4.78, 5) is 4.03. The van der Waals surface area contributed by atoms with Gasteiger partial charge in [-0.15, -0.1) is 0 Å². The number of hydrogen-bond acceptors (Lipinski definition) is 5. The molecule has 0 bridgehead atoms. The predicted octanol–water partition coefficient (Wildman–Crippen LogP) is 2.59. The average Bonchev–Trinajstić information content (AvgIpc) is 2.47. The van der Waals surface area contributed by atoms with Crippen LogP contribution < -0.4 is 14.8 Å². The second kappa shape index (κ2) is 6.19. The van der Waals surface area contributed by atoms with E-state index in [0.717, 1.165) is 0 Å². The Morgan fingerprint density at radius 1 is 1.29 bits per heavy atom. The van der Waals surface area contributed by atoms with Gasteiger partial charge in [-0.25, -0.2) is 13.4 Å². The third-order valence-corrected chi connectivity index (χ3v) is 4.41. The normalized spacial score (nSPS) is 11.0. The Bertz CT molecular complexity index is 750. The summed E-state index contributed by atoms with van der Waals surface area (Å²) in [6.07, 6.45) is 1.51. The molecule has 0 saturated heterocycles. The van der Waals surface area contributed by atoms with Gasteiger partial charge < -0.3 is 10.1 Å². The van der Waals surface area contributed by atoms with Gasteiger partial charge in [-0.2, -0.15) is 0 Å². The van der Waals surface area contributed by atoms with Crippen molar-refractivity contribution in [3.63, 3.8) is 0 Å². The first-order chi connectivity index (χ1) is 9.97. The second-order valence-corrected chi connectivity index (χ2v) is 6.11. The van der Waals surface area contributed by atoms with Gasteiger partial charge in [0.1, 0.15) is 16.5 Å². The summed E-state index contributed by atoms with van der Waals surface area (Å²) in [6.45, 7) is 0. The summed E-state index contributed by atoms with van der Waals surface area (Å²) in [5.74, 6) is 0.738. The van der Waals surface area contributed by atoms with Gasteiger partial charge in [0, 0.05) is 13.2 Å². The zero-order chi connectivity index (χ0) is 15.5. The monoisotopic (exact) mass is 327 g/mol. The van der Waals surface area contributed by atoms with E-state index in [1.165, 1.54) is 25.4 Å². The van der Waals surface area contributed by atoms with E-state index in [0.29, 0.717) is 16.5 Å². The van der Waals surface area contributed by atoms with E-state index < -0.39 is 10.0 Å². The van der Waals surface area contributed by atoms with Crippen molar-refractivity contribution in [3.8, 4) is 5.75 Å². The van der Waals surface area contributed by atoms with Crippen LogP contribution in [-0.4, -0.2) is 27.6 Å². The molecule has 21 heavy (non-hydrogen) atoms. The lowest BCUT2D eigenvalue weighted by molar-refractivity contribution is 0.415. The highest BCUT2D eigenvalue weighted by Crippen LogP contribution is 2.29. The molecule has 2 aromatic rings. The minimum absolute atomic E-state index is 0.0550. The Hall–Kier alpha value is -1.99. The van der Waals surface area contributed by atoms with Crippen molar-refractivity contribution in [2.24, 2.45) is 0 Å². The number of benzene rings is 1. The van der Waals surface area contributed by atoms with Crippen molar-refractivity contribution in [2.45, 2.75) is 4.90 Å². The molecule has 0 fully saturated rings. The molecule has 0 aliphatic carbocycles. The van der Waals surface area contributed by atoms with Gasteiger partial charge in [0.15, 0.2) is 0 Å². The van der Waals surface area contributed by atoms with Gasteiger partial charge in [0.2, 0.25) is 0 Å². The summed E-state index contributed by atoms with van der Waals surface area (Å²) in [5, 5.41) is 3.06. The molecule has 0 spiro atoms. The first-order valence-electron chi connectivity index (χ1n) is 5.97. The molecular weight excluding hydrogens is 314 g/mol. The van der Waals surface area contributed by atoms with E-state index in [2.05, 4.69) is 15.0 Å². The molecule has 0 aliphatic heterocycles. The molecule has 1 aromatic carbocycles. The van der Waals surface area contributed by atoms with Crippen molar-refractivity contribution in [1.82, 2.24) is 4.98 Å². The lowest BCUT2D eigenvalue weighted by Crippen LogP contribution is -2.15. The Balaban J connectivity index is 2.35. The summed E-state index contributed by atoms with van der Waals surface area (Å²) in [7, 11) is -0.678. The van der Waals surface area contributed by atoms with Crippen LogP contribution in [0.2, 0.25) is 5.02 Å². The summed E-state index contributed by atoms with van der Waals surface area (Å²) in [6, 6.07) is 7.65. The molecule has 1 heterocycles. The number of sulfonamides is 1. The van der Waals surface area contributed by atoms with E-state index in [1.54, 1.807) is 25.2 Å². The van der Waals surface area contributed by atoms with Crippen molar-refractivity contribution in [2.75, 3.05) is 24.2 Å². The maximum atomic E-state index is 12.4. The molecule has 2 N–H and O–H groups in total. The molecule has 0 radical (unpaired) electrons. The van der Waals surface area contributed by atoms with Crippen LogP contribution >= 0.6 is 11.6 Å². The minimum atomic E-state index is -3.77. The van der Waals surface area contributed by atoms with E-state index in [-0.39, 0.29) is 10.7 Å². The highest BCUT2D eigenvalue weighted by molar-refractivity contribution is 7.92. The van der Waals surface area contributed by atoms with Gasteiger partial charge in [-0.05, 0) is 30.3 Å². The fourth-order valence-electron chi connectivity index (χ4n) is 1.74. The number of nitrogens with one attached hydrogen (secondary N) is 2. The summed E-state index contributed by atoms with van der Waals surface area (Å²) >= 11 is 5.98. The molecule has 6 nitrogen and oxygen atoms in total. The third-order valence-electron chi connectivity index (χ3n) is 2.70. The van der Waals surface area contributed by atoms with Crippen molar-refractivity contribution < 1.29 is 13.2 Å². The zero-order valence-corrected chi connectivity index (χ0v) is 13.0. The molecule has 0 amide bonds. The Morgan fingerprint density at radius 2 is 2.05 bits per heavy atom. The van der Waals surface area contributed by atoms with Crippen LogP contribution in [0.25, 0.3) is 0 Å². The number of rotatable bonds is 5. The van der Waals surface area contributed by atoms with Crippen LogP contribution in [0.15, 0.2) is 41.4 Å². The average molecular weight is 328 g/mol. The van der Waals surface area contributed by atoms with Gasteiger partial charge in [-0.3, -0.25) is 4.72 Å². The number of anilines is 2. The summed E-state index contributed by atoms with van der Waals surface area (Å²) < 4.78 is 32.2. The highest BCUT2D eigenvalue weighted by atomic mass is 35.5. The standard InChI is InChI=1S/C13H14ClN3O3S/c1-15-13-12(4-3-7-16-13)21(18,19)17-9-5-6-11(20-2)10(14)8-9/h3-8,17H,1-2H3,(H,15,16). The maximum Gasteiger partial charge on any atom is 0.265 e. The Morgan fingerprint density at radius 3 is 2.67 bits per heavy atom. The molecule has 0 saturated carbocycles. The number of hydrogen-bond donors (Lipinski definition) is 2. The topological polar surface area (TPSA) is 80.3 Å². The quantitative estimate of drug-likeness (QED) is 0.882. The molecule has 112 valence electrons. The molecule has 0 unspecified atom stereocenters. The Labute approximate surface area is 128 Å². The van der Waals surface area contributed by atoms with Gasteiger partial charge in [-0.1, -0.05) is 11.6 Å². The number of pyridine rings is 1. The lowest BCUT2D eigenvalue weighted by atomic mass is 10.3. The molecule has 0 atom stereocenters. The van der Waals surface area contributed by atoms with E-state index >= 15 is 0 Å². The first-order valence-corrected chi connectivity index (χ1v) is 7.83. The van der Waals surface area contributed by atoms with E-state index in [9.17, 15) is 8.42 Å². The number of nitrogens with zero attached hydrogens (tertiary/aromatic N) is 1. The van der Waals surface area contributed by atoms with Gasteiger partial charge in [0.25, 0.3) is 10.0 Å². The molecule has 8 heteroatoms. The summed E-state index contributed by atoms with van der Waals surface area (Å²) in [5.41, 5.74) is 0.340. The van der Waals surface area contributed by atoms with Crippen molar-refractivity contribution in [1.29, 1.82) is 0 Å². The van der Waals surface area contributed by atoms with Gasteiger partial charge in [0.05, 0.1) is 17.8 Å². The molecule has 1 aromatic heterocycles. The SMILES string of the molecule is CNc1ncccc1S(=O)(=O)Nc1ccc(OC)c(Cl)c1. The van der Waals surface area contributed by atoms with Crippen molar-refractivity contribution >= 4 is 33.1 Å². The highest BCUT2D eigenvalue weighted by Gasteiger charge is 2.19. The fourth-order valence-corrected chi connectivity index (χ4v) is 3.21. The Kier molecular flexibility index (Phi) is 4.54. The van der Waals surface area contributed by atoms with E-state index in [1.807, 2.05) is 0 Å². The molecular formula is C13H14ClN3O3S. The van der Waals surface area contributed by atoms with Crippen LogP contribution in [0.1, 0.15) is 0 Å². The van der Waals surface area contributed by atoms with E-state index in [4.69, 9.17) is 16.3 Å². The van der Waals surface area contributed by atoms with Gasteiger partial charge >= 0.3 is 0 Å². The first kappa shape index (κ1) is 15.4. The van der Waals surface area contributed by atoms with Crippen LogP contribution in [0.5, 0.6) is 5.75 Å². The molecule has 2 rings (SSSR count). The fraction of sp³-hybridized carbons (Fsp3) is 0.154.